The molecule has 0 heterocycles. The van der Waals surface area contributed by atoms with E-state index < -0.39 is 0 Å². The maximum absolute atomic E-state index is 5.18. The molecule has 0 radical (unpaired) electrons. The molecule has 1 aliphatic carbocycles. The minimum atomic E-state index is 0.686. The molecule has 1 saturated carbocycles. The third-order valence-electron chi connectivity index (χ3n) is 3.35. The van der Waals surface area contributed by atoms with Gasteiger partial charge in [0.05, 0.1) is 6.61 Å². The molecule has 1 N–H and O–H groups in total. The highest BCUT2D eigenvalue weighted by Gasteiger charge is 2.23. The number of nitrogens with one attached hydrogen (secondary N) is 1. The number of nitrogens with zero attached hydrogens (tertiary/aromatic N) is 1. The number of likely N-dealkylation sites (N-methyl/N-ethyl adjacent to an activating group) is 1. The fraction of sp³-hybridized carbons (Fsp3) is 1.00. The van der Waals surface area contributed by atoms with E-state index in [-0.39, 0.29) is 0 Å². The molecule has 1 atom stereocenters. The van der Waals surface area contributed by atoms with Crippen LogP contribution in [-0.4, -0.2) is 50.3 Å². The van der Waals surface area contributed by atoms with Crippen molar-refractivity contribution in [2.24, 2.45) is 0 Å². The van der Waals surface area contributed by atoms with Crippen molar-refractivity contribution in [2.75, 3.05) is 33.4 Å². The monoisotopic (exact) mass is 228 g/mol. The highest BCUT2D eigenvalue weighted by molar-refractivity contribution is 4.84. The van der Waals surface area contributed by atoms with Crippen LogP contribution in [0.5, 0.6) is 0 Å². The topological polar surface area (TPSA) is 24.5 Å². The maximum atomic E-state index is 5.18. The van der Waals surface area contributed by atoms with Crippen LogP contribution in [0.4, 0.5) is 0 Å². The second-order valence-corrected chi connectivity index (χ2v) is 4.75. The molecule has 0 aliphatic heterocycles. The summed E-state index contributed by atoms with van der Waals surface area (Å²) in [6.45, 7) is 8.70. The second kappa shape index (κ2) is 8.04. The third kappa shape index (κ3) is 5.28. The highest BCUT2D eigenvalue weighted by Crippen LogP contribution is 2.19. The van der Waals surface area contributed by atoms with E-state index in [9.17, 15) is 0 Å². The number of methoxy groups -OCH3 is 1. The lowest BCUT2D eigenvalue weighted by Crippen LogP contribution is -2.44. The molecule has 96 valence electrons. The molecule has 0 spiro atoms. The fourth-order valence-electron chi connectivity index (χ4n) is 2.14. The molecule has 3 nitrogen and oxygen atoms in total. The van der Waals surface area contributed by atoms with E-state index in [1.165, 1.54) is 25.7 Å². The van der Waals surface area contributed by atoms with Crippen LogP contribution in [0.25, 0.3) is 0 Å². The molecule has 0 aromatic heterocycles. The Morgan fingerprint density at radius 2 is 2.12 bits per heavy atom. The Morgan fingerprint density at radius 1 is 1.38 bits per heavy atom. The van der Waals surface area contributed by atoms with E-state index in [4.69, 9.17) is 4.74 Å². The summed E-state index contributed by atoms with van der Waals surface area (Å²) in [4.78, 5) is 2.54. The Hall–Kier alpha value is -0.120. The average Bonchev–Trinajstić information content (AvgIpc) is 3.10. The zero-order chi connectivity index (χ0) is 11.8. The molecule has 1 aliphatic rings. The fourth-order valence-corrected chi connectivity index (χ4v) is 2.14. The van der Waals surface area contributed by atoms with Gasteiger partial charge in [-0.3, -0.25) is 4.90 Å². The Kier molecular flexibility index (Phi) is 7.01. The van der Waals surface area contributed by atoms with Gasteiger partial charge >= 0.3 is 0 Å². The lowest BCUT2D eigenvalue weighted by molar-refractivity contribution is 0.118. The minimum Gasteiger partial charge on any atom is -0.383 e. The van der Waals surface area contributed by atoms with E-state index in [0.717, 1.165) is 32.3 Å². The van der Waals surface area contributed by atoms with Crippen LogP contribution in [-0.2, 0) is 4.74 Å². The van der Waals surface area contributed by atoms with Crippen molar-refractivity contribution in [1.82, 2.24) is 10.2 Å². The van der Waals surface area contributed by atoms with Crippen LogP contribution in [0.3, 0.4) is 0 Å². The predicted octanol–water partition coefficient (Wildman–Crippen LogP) is 1.88. The average molecular weight is 228 g/mol. The van der Waals surface area contributed by atoms with Gasteiger partial charge in [0, 0.05) is 32.3 Å². The van der Waals surface area contributed by atoms with Gasteiger partial charge in [0.15, 0.2) is 0 Å². The van der Waals surface area contributed by atoms with Gasteiger partial charge in [0.25, 0.3) is 0 Å². The molecule has 0 aromatic rings. The second-order valence-electron chi connectivity index (χ2n) is 4.75. The maximum Gasteiger partial charge on any atom is 0.0589 e. The zero-order valence-electron chi connectivity index (χ0n) is 11.2. The molecule has 1 fully saturated rings. The molecule has 0 amide bonds. The molecular formula is C13H28N2O. The summed E-state index contributed by atoms with van der Waals surface area (Å²) >= 11 is 0. The standard InChI is InChI=1S/C13H28N2O/c1-4-6-13(11-14-12-7-8-12)15(5-2)9-10-16-3/h12-14H,4-11H2,1-3H3. The quantitative estimate of drug-likeness (QED) is 0.618. The van der Waals surface area contributed by atoms with Crippen molar-refractivity contribution >= 4 is 0 Å². The lowest BCUT2D eigenvalue weighted by atomic mass is 10.1. The molecule has 3 heteroatoms. The van der Waals surface area contributed by atoms with Crippen molar-refractivity contribution in [2.45, 2.75) is 51.6 Å². The van der Waals surface area contributed by atoms with Crippen LogP contribution in [0.1, 0.15) is 39.5 Å². The van der Waals surface area contributed by atoms with Gasteiger partial charge in [0.2, 0.25) is 0 Å². The molecule has 1 rings (SSSR count). The number of ether oxygens (including phenoxy) is 1. The van der Waals surface area contributed by atoms with Gasteiger partial charge in [-0.2, -0.15) is 0 Å². The number of hydrogen-bond donors (Lipinski definition) is 1. The van der Waals surface area contributed by atoms with Gasteiger partial charge in [-0.25, -0.2) is 0 Å². The van der Waals surface area contributed by atoms with Gasteiger partial charge in [-0.1, -0.05) is 20.3 Å². The largest absolute Gasteiger partial charge is 0.383 e. The van der Waals surface area contributed by atoms with Crippen LogP contribution < -0.4 is 5.32 Å². The Balaban J connectivity index is 2.29. The van der Waals surface area contributed by atoms with E-state index in [1.807, 2.05) is 0 Å². The van der Waals surface area contributed by atoms with Gasteiger partial charge < -0.3 is 10.1 Å². The van der Waals surface area contributed by atoms with Crippen molar-refractivity contribution in [3.8, 4) is 0 Å². The molecule has 0 aromatic carbocycles. The van der Waals surface area contributed by atoms with Crippen molar-refractivity contribution in [3.63, 3.8) is 0 Å². The van der Waals surface area contributed by atoms with E-state index >= 15 is 0 Å². The molecule has 16 heavy (non-hydrogen) atoms. The normalized spacial score (nSPS) is 18.0. The molecule has 0 bridgehead atoms. The summed E-state index contributed by atoms with van der Waals surface area (Å²) in [6, 6.07) is 1.51. The molecule has 0 saturated heterocycles. The molecular weight excluding hydrogens is 200 g/mol. The summed E-state index contributed by atoms with van der Waals surface area (Å²) < 4.78 is 5.18. The van der Waals surface area contributed by atoms with E-state index in [0.29, 0.717) is 6.04 Å². The van der Waals surface area contributed by atoms with Crippen LogP contribution >= 0.6 is 0 Å². The van der Waals surface area contributed by atoms with Gasteiger partial charge in [-0.15, -0.1) is 0 Å². The van der Waals surface area contributed by atoms with E-state index in [2.05, 4.69) is 24.1 Å². The van der Waals surface area contributed by atoms with Crippen LogP contribution in [0, 0.1) is 0 Å². The van der Waals surface area contributed by atoms with E-state index in [1.54, 1.807) is 7.11 Å². The Labute approximate surface area is 101 Å². The van der Waals surface area contributed by atoms with Crippen molar-refractivity contribution in [3.05, 3.63) is 0 Å². The first kappa shape index (κ1) is 13.9. The smallest absolute Gasteiger partial charge is 0.0589 e. The summed E-state index contributed by atoms with van der Waals surface area (Å²) in [5.74, 6) is 0. The zero-order valence-corrected chi connectivity index (χ0v) is 11.2. The summed E-state index contributed by atoms with van der Waals surface area (Å²) in [5.41, 5.74) is 0. The SMILES string of the molecule is CCCC(CNC1CC1)N(CC)CCOC. The van der Waals surface area contributed by atoms with Crippen molar-refractivity contribution in [1.29, 1.82) is 0 Å². The molecule has 1 unspecified atom stereocenters. The van der Waals surface area contributed by atoms with Gasteiger partial charge in [-0.05, 0) is 25.8 Å². The first-order chi connectivity index (χ1) is 7.81. The highest BCUT2D eigenvalue weighted by atomic mass is 16.5. The van der Waals surface area contributed by atoms with Crippen LogP contribution in [0.2, 0.25) is 0 Å². The Morgan fingerprint density at radius 3 is 2.62 bits per heavy atom. The minimum absolute atomic E-state index is 0.686. The number of rotatable bonds is 10. The van der Waals surface area contributed by atoms with Gasteiger partial charge in [0.1, 0.15) is 0 Å². The first-order valence-corrected chi connectivity index (χ1v) is 6.78. The Bertz CT molecular complexity index is 171. The first-order valence-electron chi connectivity index (χ1n) is 6.78. The summed E-state index contributed by atoms with van der Waals surface area (Å²) in [7, 11) is 1.78. The van der Waals surface area contributed by atoms with Crippen LogP contribution in [0.15, 0.2) is 0 Å². The summed E-state index contributed by atoms with van der Waals surface area (Å²) in [5, 5.41) is 3.65. The number of hydrogen-bond acceptors (Lipinski definition) is 3. The predicted molar refractivity (Wildman–Crippen MR) is 68.8 cm³/mol. The lowest BCUT2D eigenvalue weighted by Gasteiger charge is -2.30. The third-order valence-corrected chi connectivity index (χ3v) is 3.35. The summed E-state index contributed by atoms with van der Waals surface area (Å²) in [6.07, 6.45) is 5.31. The van der Waals surface area contributed by atoms with Crippen molar-refractivity contribution < 1.29 is 4.74 Å².